The van der Waals surface area contributed by atoms with Gasteiger partial charge in [0.15, 0.2) is 5.82 Å². The standard InChI is InChI=1S/C13H19FN2O4S/c14-12-5-1-6-15-13(12)21(17,18)16-7-3-8-19-10-11-4-2-9-20-11/h1,5-6,11,16H,2-4,7-10H2. The van der Waals surface area contributed by atoms with E-state index in [4.69, 9.17) is 9.47 Å². The summed E-state index contributed by atoms with van der Waals surface area (Å²) in [5.74, 6) is -0.861. The minimum Gasteiger partial charge on any atom is -0.379 e. The Hall–Kier alpha value is -1.09. The molecule has 1 aromatic rings. The Kier molecular flexibility index (Phi) is 6.04. The molecule has 6 nitrogen and oxygen atoms in total. The van der Waals surface area contributed by atoms with Gasteiger partial charge in [0.2, 0.25) is 5.03 Å². The van der Waals surface area contributed by atoms with E-state index in [2.05, 4.69) is 9.71 Å². The van der Waals surface area contributed by atoms with Gasteiger partial charge < -0.3 is 9.47 Å². The lowest BCUT2D eigenvalue weighted by molar-refractivity contribution is 0.0169. The zero-order valence-electron chi connectivity index (χ0n) is 11.6. The van der Waals surface area contributed by atoms with Gasteiger partial charge in [-0.15, -0.1) is 0 Å². The van der Waals surface area contributed by atoms with Gasteiger partial charge >= 0.3 is 0 Å². The van der Waals surface area contributed by atoms with E-state index in [-0.39, 0.29) is 12.6 Å². The minimum atomic E-state index is -3.91. The van der Waals surface area contributed by atoms with Crippen molar-refractivity contribution >= 4 is 10.0 Å². The second kappa shape index (κ2) is 7.79. The summed E-state index contributed by atoms with van der Waals surface area (Å²) in [4.78, 5) is 3.54. The van der Waals surface area contributed by atoms with Crippen molar-refractivity contribution in [2.45, 2.75) is 30.4 Å². The number of aromatic nitrogens is 1. The van der Waals surface area contributed by atoms with Crippen molar-refractivity contribution in [3.8, 4) is 0 Å². The first-order valence-electron chi connectivity index (χ1n) is 6.89. The molecule has 0 aliphatic carbocycles. The van der Waals surface area contributed by atoms with E-state index in [0.717, 1.165) is 25.5 Å². The monoisotopic (exact) mass is 318 g/mol. The van der Waals surface area contributed by atoms with Crippen LogP contribution in [-0.4, -0.2) is 45.9 Å². The summed E-state index contributed by atoms with van der Waals surface area (Å²) in [6.45, 7) is 1.90. The molecule has 1 atom stereocenters. The van der Waals surface area contributed by atoms with Crippen molar-refractivity contribution in [1.82, 2.24) is 9.71 Å². The smallest absolute Gasteiger partial charge is 0.261 e. The first kappa shape index (κ1) is 16.3. The number of halogens is 1. The van der Waals surface area contributed by atoms with Crippen molar-refractivity contribution in [2.24, 2.45) is 0 Å². The molecule has 1 unspecified atom stereocenters. The maximum absolute atomic E-state index is 13.4. The third-order valence-electron chi connectivity index (χ3n) is 3.06. The van der Waals surface area contributed by atoms with Crippen LogP contribution in [0.2, 0.25) is 0 Å². The summed E-state index contributed by atoms with van der Waals surface area (Å²) in [5, 5.41) is -0.578. The maximum atomic E-state index is 13.4. The van der Waals surface area contributed by atoms with E-state index >= 15 is 0 Å². The average Bonchev–Trinajstić information content (AvgIpc) is 2.96. The molecule has 2 rings (SSSR count). The summed E-state index contributed by atoms with van der Waals surface area (Å²) in [5.41, 5.74) is 0. The molecule has 0 bridgehead atoms. The van der Waals surface area contributed by atoms with Gasteiger partial charge in [0.1, 0.15) is 0 Å². The lowest BCUT2D eigenvalue weighted by Crippen LogP contribution is -2.27. The van der Waals surface area contributed by atoms with E-state index in [1.54, 1.807) is 0 Å². The fraction of sp³-hybridized carbons (Fsp3) is 0.615. The molecule has 0 radical (unpaired) electrons. The summed E-state index contributed by atoms with van der Waals surface area (Å²) in [6, 6.07) is 2.40. The Morgan fingerprint density at radius 1 is 1.52 bits per heavy atom. The topological polar surface area (TPSA) is 77.5 Å². The van der Waals surface area contributed by atoms with Crippen molar-refractivity contribution in [3.63, 3.8) is 0 Å². The Morgan fingerprint density at radius 3 is 3.10 bits per heavy atom. The van der Waals surface area contributed by atoms with Crippen LogP contribution in [0.15, 0.2) is 23.4 Å². The van der Waals surface area contributed by atoms with Crippen LogP contribution >= 0.6 is 0 Å². The van der Waals surface area contributed by atoms with E-state index in [0.29, 0.717) is 19.6 Å². The SMILES string of the molecule is O=S(=O)(NCCCOCC1CCCO1)c1ncccc1F. The molecule has 0 spiro atoms. The van der Waals surface area contributed by atoms with Gasteiger partial charge in [0.25, 0.3) is 10.0 Å². The van der Waals surface area contributed by atoms with Crippen LogP contribution in [0.1, 0.15) is 19.3 Å². The predicted octanol–water partition coefficient (Wildman–Crippen LogP) is 1.08. The number of nitrogens with zero attached hydrogens (tertiary/aromatic N) is 1. The number of hydrogen-bond acceptors (Lipinski definition) is 5. The lowest BCUT2D eigenvalue weighted by Gasteiger charge is -2.10. The molecule has 1 fully saturated rings. The highest BCUT2D eigenvalue weighted by Crippen LogP contribution is 2.12. The summed E-state index contributed by atoms with van der Waals surface area (Å²) >= 11 is 0. The number of rotatable bonds is 8. The average molecular weight is 318 g/mol. The first-order chi connectivity index (χ1) is 10.1. The third kappa shape index (κ3) is 4.99. The van der Waals surface area contributed by atoms with Crippen LogP contribution in [0.3, 0.4) is 0 Å². The normalized spacial score (nSPS) is 19.0. The molecule has 118 valence electrons. The van der Waals surface area contributed by atoms with E-state index in [9.17, 15) is 12.8 Å². The fourth-order valence-corrected chi connectivity index (χ4v) is 3.08. The molecule has 1 aliphatic rings. The van der Waals surface area contributed by atoms with Crippen molar-refractivity contribution in [2.75, 3.05) is 26.4 Å². The van der Waals surface area contributed by atoms with E-state index < -0.39 is 20.9 Å². The highest BCUT2D eigenvalue weighted by Gasteiger charge is 2.19. The van der Waals surface area contributed by atoms with Gasteiger partial charge in [0.05, 0.1) is 12.7 Å². The Bertz CT molecular complexity index is 547. The highest BCUT2D eigenvalue weighted by molar-refractivity contribution is 7.89. The number of nitrogens with one attached hydrogen (secondary N) is 1. The van der Waals surface area contributed by atoms with Crippen molar-refractivity contribution < 1.29 is 22.3 Å². The molecule has 2 heterocycles. The second-order valence-electron chi connectivity index (χ2n) is 4.75. The zero-order valence-corrected chi connectivity index (χ0v) is 12.4. The third-order valence-corrected chi connectivity index (χ3v) is 4.46. The van der Waals surface area contributed by atoms with Gasteiger partial charge in [-0.05, 0) is 31.4 Å². The Balaban J connectivity index is 1.67. The van der Waals surface area contributed by atoms with Crippen LogP contribution in [0, 0.1) is 5.82 Å². The highest BCUT2D eigenvalue weighted by atomic mass is 32.2. The van der Waals surface area contributed by atoms with Crippen LogP contribution in [-0.2, 0) is 19.5 Å². The van der Waals surface area contributed by atoms with Gasteiger partial charge in [-0.25, -0.2) is 22.5 Å². The molecule has 21 heavy (non-hydrogen) atoms. The van der Waals surface area contributed by atoms with Crippen molar-refractivity contribution in [1.29, 1.82) is 0 Å². The summed E-state index contributed by atoms with van der Waals surface area (Å²) in [6.07, 6.45) is 3.96. The van der Waals surface area contributed by atoms with Crippen LogP contribution in [0.25, 0.3) is 0 Å². The molecule has 1 saturated heterocycles. The summed E-state index contributed by atoms with van der Waals surface area (Å²) < 4.78 is 50.1. The molecular weight excluding hydrogens is 299 g/mol. The first-order valence-corrected chi connectivity index (χ1v) is 8.37. The van der Waals surface area contributed by atoms with Crippen LogP contribution in [0.5, 0.6) is 0 Å². The minimum absolute atomic E-state index is 0.157. The molecule has 1 aromatic heterocycles. The van der Waals surface area contributed by atoms with Crippen LogP contribution < -0.4 is 4.72 Å². The molecule has 8 heteroatoms. The molecule has 1 N–H and O–H groups in total. The number of hydrogen-bond donors (Lipinski definition) is 1. The number of pyridine rings is 1. The zero-order chi connectivity index (χ0) is 15.1. The van der Waals surface area contributed by atoms with Crippen molar-refractivity contribution in [3.05, 3.63) is 24.1 Å². The van der Waals surface area contributed by atoms with Gasteiger partial charge in [-0.3, -0.25) is 0 Å². The Morgan fingerprint density at radius 2 is 2.38 bits per heavy atom. The maximum Gasteiger partial charge on any atom is 0.261 e. The van der Waals surface area contributed by atoms with Crippen LogP contribution in [0.4, 0.5) is 4.39 Å². The second-order valence-corrected chi connectivity index (χ2v) is 6.43. The summed E-state index contributed by atoms with van der Waals surface area (Å²) in [7, 11) is -3.91. The van der Waals surface area contributed by atoms with Gasteiger partial charge in [-0.1, -0.05) is 0 Å². The molecule has 1 aliphatic heterocycles. The quantitative estimate of drug-likeness (QED) is 0.726. The molecular formula is C13H19FN2O4S. The molecule has 0 saturated carbocycles. The molecule has 0 amide bonds. The fourth-order valence-electron chi connectivity index (χ4n) is 2.01. The largest absolute Gasteiger partial charge is 0.379 e. The molecule has 0 aromatic carbocycles. The Labute approximate surface area is 123 Å². The van der Waals surface area contributed by atoms with Gasteiger partial charge in [-0.2, -0.15) is 0 Å². The van der Waals surface area contributed by atoms with Gasteiger partial charge in [0, 0.05) is 26.0 Å². The van der Waals surface area contributed by atoms with E-state index in [1.807, 2.05) is 0 Å². The predicted molar refractivity (Wildman–Crippen MR) is 73.8 cm³/mol. The number of sulfonamides is 1. The van der Waals surface area contributed by atoms with E-state index in [1.165, 1.54) is 12.3 Å². The number of ether oxygens (including phenoxy) is 2. The lowest BCUT2D eigenvalue weighted by atomic mass is 10.2.